The Labute approximate surface area is 107 Å². The van der Waals surface area contributed by atoms with Gasteiger partial charge in [0.05, 0.1) is 18.7 Å². The van der Waals surface area contributed by atoms with E-state index in [0.29, 0.717) is 18.7 Å². The molecule has 0 atom stereocenters. The van der Waals surface area contributed by atoms with Crippen molar-refractivity contribution >= 4 is 29.0 Å². The van der Waals surface area contributed by atoms with Crippen LogP contribution in [0.25, 0.3) is 0 Å². The highest BCUT2D eigenvalue weighted by atomic mass is 35.5. The van der Waals surface area contributed by atoms with Crippen molar-refractivity contribution in [2.75, 3.05) is 18.1 Å². The zero-order valence-corrected chi connectivity index (χ0v) is 10.3. The van der Waals surface area contributed by atoms with Crippen LogP contribution in [0.1, 0.15) is 12.8 Å². The van der Waals surface area contributed by atoms with Crippen molar-refractivity contribution in [3.63, 3.8) is 0 Å². The topological polar surface area (TPSA) is 49.2 Å². The first-order valence-corrected chi connectivity index (χ1v) is 6.00. The summed E-state index contributed by atoms with van der Waals surface area (Å²) in [6.07, 6.45) is 0.658. The molecular weight excluding hydrogens is 268 g/mol. The Morgan fingerprint density at radius 3 is 2.71 bits per heavy atom. The molecule has 1 aromatic rings. The van der Waals surface area contributed by atoms with E-state index in [2.05, 4.69) is 9.97 Å². The van der Waals surface area contributed by atoms with Gasteiger partial charge in [-0.1, -0.05) is 11.6 Å². The van der Waals surface area contributed by atoms with Crippen molar-refractivity contribution in [2.24, 2.45) is 0 Å². The Kier molecular flexibility index (Phi) is 2.31. The van der Waals surface area contributed by atoms with Crippen LogP contribution in [0, 0.1) is 0 Å². The number of aliphatic hydroxyl groups excluding tert-OH is 1. The summed E-state index contributed by atoms with van der Waals surface area (Å²) in [5.74, 6) is 0.473. The van der Waals surface area contributed by atoms with Gasteiger partial charge in [0.2, 0.25) is 5.28 Å². The minimum atomic E-state index is -1.22. The average molecular weight is 278 g/mol. The summed E-state index contributed by atoms with van der Waals surface area (Å²) in [6, 6.07) is 1.54. The SMILES string of the molecule is OCC12CC(F)(CN1c1cc(Cl)nc(Cl)n1)C2. The number of nitrogens with zero attached hydrogens (tertiary/aromatic N) is 3. The number of rotatable bonds is 2. The standard InChI is InChI=1S/C10H10Cl2FN3O/c11-6-1-7(15-8(12)14-6)16-4-9(13)2-10(16,3-9)5-17/h1,17H,2-5H2. The fourth-order valence-electron chi connectivity index (χ4n) is 2.92. The van der Waals surface area contributed by atoms with Crippen LogP contribution >= 0.6 is 23.2 Å². The van der Waals surface area contributed by atoms with Gasteiger partial charge in [-0.3, -0.25) is 0 Å². The van der Waals surface area contributed by atoms with E-state index >= 15 is 0 Å². The van der Waals surface area contributed by atoms with Gasteiger partial charge in [-0.25, -0.2) is 14.4 Å². The van der Waals surface area contributed by atoms with E-state index in [0.717, 1.165) is 0 Å². The Bertz CT molecular complexity index is 458. The second-order valence-corrected chi connectivity index (χ2v) is 5.52. The molecule has 4 rings (SSSR count). The van der Waals surface area contributed by atoms with Gasteiger partial charge < -0.3 is 10.0 Å². The van der Waals surface area contributed by atoms with Crippen molar-refractivity contribution in [3.8, 4) is 0 Å². The number of halogens is 3. The first kappa shape index (κ1) is 11.4. The van der Waals surface area contributed by atoms with E-state index in [1.54, 1.807) is 4.90 Å². The zero-order valence-electron chi connectivity index (χ0n) is 8.83. The van der Waals surface area contributed by atoms with Crippen molar-refractivity contribution in [3.05, 3.63) is 16.5 Å². The van der Waals surface area contributed by atoms with Crippen LogP contribution in [-0.4, -0.2) is 39.4 Å². The van der Waals surface area contributed by atoms with Crippen LogP contribution < -0.4 is 4.90 Å². The van der Waals surface area contributed by atoms with E-state index in [9.17, 15) is 9.50 Å². The van der Waals surface area contributed by atoms with Gasteiger partial charge in [0.15, 0.2) is 0 Å². The highest BCUT2D eigenvalue weighted by Gasteiger charge is 2.66. The quantitative estimate of drug-likeness (QED) is 0.662. The summed E-state index contributed by atoms with van der Waals surface area (Å²) in [5.41, 5.74) is -1.76. The number of hydrogen-bond acceptors (Lipinski definition) is 4. The molecule has 3 aliphatic rings. The summed E-state index contributed by atoms with van der Waals surface area (Å²) < 4.78 is 14.0. The molecule has 1 aromatic heterocycles. The van der Waals surface area contributed by atoms with Crippen molar-refractivity contribution in [2.45, 2.75) is 24.0 Å². The molecule has 0 unspecified atom stereocenters. The second kappa shape index (κ2) is 3.43. The van der Waals surface area contributed by atoms with Crippen LogP contribution in [0.2, 0.25) is 10.4 Å². The van der Waals surface area contributed by atoms with Gasteiger partial charge in [0, 0.05) is 18.9 Å². The molecular formula is C10H10Cl2FN3O. The van der Waals surface area contributed by atoms with E-state index in [1.165, 1.54) is 6.07 Å². The van der Waals surface area contributed by atoms with Crippen LogP contribution in [0.3, 0.4) is 0 Å². The van der Waals surface area contributed by atoms with E-state index in [4.69, 9.17) is 23.2 Å². The first-order valence-electron chi connectivity index (χ1n) is 5.24. The molecule has 92 valence electrons. The van der Waals surface area contributed by atoms with E-state index in [-0.39, 0.29) is 23.6 Å². The number of hydrogen-bond donors (Lipinski definition) is 1. The van der Waals surface area contributed by atoms with Crippen LogP contribution in [-0.2, 0) is 0 Å². The maximum absolute atomic E-state index is 14.0. The third kappa shape index (κ3) is 1.60. The van der Waals surface area contributed by atoms with Gasteiger partial charge in [-0.2, -0.15) is 0 Å². The third-order valence-corrected chi connectivity index (χ3v) is 3.89. The summed E-state index contributed by atoms with van der Waals surface area (Å²) in [7, 11) is 0. The molecule has 2 saturated heterocycles. The van der Waals surface area contributed by atoms with Crippen molar-refractivity contribution in [1.82, 2.24) is 9.97 Å². The van der Waals surface area contributed by atoms with Gasteiger partial charge >= 0.3 is 0 Å². The fraction of sp³-hybridized carbons (Fsp3) is 0.600. The molecule has 7 heteroatoms. The molecule has 0 radical (unpaired) electrons. The molecule has 0 spiro atoms. The highest BCUT2D eigenvalue weighted by Crippen LogP contribution is 2.56. The highest BCUT2D eigenvalue weighted by molar-refractivity contribution is 6.32. The minimum absolute atomic E-state index is 0.0256. The maximum Gasteiger partial charge on any atom is 0.225 e. The van der Waals surface area contributed by atoms with Crippen LogP contribution in [0.5, 0.6) is 0 Å². The fourth-order valence-corrected chi connectivity index (χ4v) is 3.32. The van der Waals surface area contributed by atoms with Gasteiger partial charge in [-0.15, -0.1) is 0 Å². The predicted octanol–water partition coefficient (Wildman–Crippen LogP) is 1.84. The molecule has 1 saturated carbocycles. The van der Waals surface area contributed by atoms with Gasteiger partial charge in [-0.05, 0) is 11.6 Å². The lowest BCUT2D eigenvalue weighted by molar-refractivity contribution is 0.0285. The summed E-state index contributed by atoms with van der Waals surface area (Å²) in [6.45, 7) is 0.120. The van der Waals surface area contributed by atoms with E-state index < -0.39 is 11.2 Å². The van der Waals surface area contributed by atoms with Gasteiger partial charge in [0.1, 0.15) is 16.6 Å². The Hall–Kier alpha value is -0.650. The number of alkyl halides is 1. The van der Waals surface area contributed by atoms with Crippen molar-refractivity contribution in [1.29, 1.82) is 0 Å². The molecule has 4 nitrogen and oxygen atoms in total. The maximum atomic E-state index is 14.0. The van der Waals surface area contributed by atoms with Crippen molar-refractivity contribution < 1.29 is 9.50 Å². The lowest BCUT2D eigenvalue weighted by atomic mass is 9.71. The molecule has 0 amide bonds. The van der Waals surface area contributed by atoms with E-state index in [1.807, 2.05) is 0 Å². The molecule has 3 heterocycles. The average Bonchev–Trinajstić information content (AvgIpc) is 2.65. The second-order valence-electron chi connectivity index (χ2n) is 4.79. The molecule has 1 N–H and O–H groups in total. The lowest BCUT2D eigenvalue weighted by Gasteiger charge is -2.42. The summed E-state index contributed by atoms with van der Waals surface area (Å²) in [5, 5.41) is 9.67. The first-order chi connectivity index (χ1) is 7.96. The smallest absolute Gasteiger partial charge is 0.225 e. The Morgan fingerprint density at radius 2 is 2.12 bits per heavy atom. The van der Waals surface area contributed by atoms with Gasteiger partial charge in [0.25, 0.3) is 0 Å². The third-order valence-electron chi connectivity index (χ3n) is 3.53. The largest absolute Gasteiger partial charge is 0.394 e. The number of anilines is 1. The molecule has 3 fully saturated rings. The number of aromatic nitrogens is 2. The zero-order chi connectivity index (χ0) is 12.3. The normalized spacial score (nSPS) is 34.9. The van der Waals surface area contributed by atoms with Crippen LogP contribution in [0.4, 0.5) is 10.2 Å². The molecule has 0 aromatic carbocycles. The molecule has 17 heavy (non-hydrogen) atoms. The summed E-state index contributed by atoms with van der Waals surface area (Å²) in [4.78, 5) is 9.52. The Balaban J connectivity index is 1.99. The number of fused-ring (bicyclic) bond motifs is 1. The monoisotopic (exact) mass is 277 g/mol. The minimum Gasteiger partial charge on any atom is -0.394 e. The predicted molar refractivity (Wildman–Crippen MR) is 62.3 cm³/mol. The molecule has 2 aliphatic heterocycles. The lowest BCUT2D eigenvalue weighted by Crippen LogP contribution is -2.53. The molecule has 2 bridgehead atoms. The molecule has 1 aliphatic carbocycles. The summed E-state index contributed by atoms with van der Waals surface area (Å²) >= 11 is 11.5. The Morgan fingerprint density at radius 1 is 1.41 bits per heavy atom. The van der Waals surface area contributed by atoms with Crippen LogP contribution in [0.15, 0.2) is 6.07 Å². The number of aliphatic hydroxyl groups is 1.